The molecule has 0 unspecified atom stereocenters. The molecule has 0 saturated carbocycles. The molecule has 8 nitrogen and oxygen atoms in total. The lowest BCUT2D eigenvalue weighted by Gasteiger charge is -2.36. The second-order valence-corrected chi connectivity index (χ2v) is 7.06. The van der Waals surface area contributed by atoms with E-state index in [0.717, 1.165) is 54.0 Å². The molecule has 146 valence electrons. The zero-order valence-corrected chi connectivity index (χ0v) is 15.8. The summed E-state index contributed by atoms with van der Waals surface area (Å²) < 4.78 is 0. The van der Waals surface area contributed by atoms with Crippen LogP contribution in [0.5, 0.6) is 5.75 Å². The minimum atomic E-state index is 0.279. The highest BCUT2D eigenvalue weighted by Gasteiger charge is 2.21. The lowest BCUT2D eigenvalue weighted by molar-refractivity contribution is 0.475. The van der Waals surface area contributed by atoms with Gasteiger partial charge in [0, 0.05) is 56.0 Å². The van der Waals surface area contributed by atoms with Gasteiger partial charge in [0.2, 0.25) is 5.95 Å². The Hall–Kier alpha value is -3.81. The Labute approximate surface area is 167 Å². The van der Waals surface area contributed by atoms with Crippen LogP contribution in [0, 0.1) is 0 Å². The van der Waals surface area contributed by atoms with E-state index in [9.17, 15) is 5.11 Å². The van der Waals surface area contributed by atoms with E-state index in [4.69, 9.17) is 10.7 Å². The molecule has 0 bridgehead atoms. The van der Waals surface area contributed by atoms with E-state index in [-0.39, 0.29) is 5.75 Å². The van der Waals surface area contributed by atoms with E-state index >= 15 is 0 Å². The summed E-state index contributed by atoms with van der Waals surface area (Å²) in [6.45, 7) is 3.27. The maximum atomic E-state index is 9.48. The largest absolute Gasteiger partial charge is 0.508 e. The van der Waals surface area contributed by atoms with Crippen molar-refractivity contribution in [2.24, 2.45) is 0 Å². The molecule has 0 spiro atoms. The molecule has 0 aliphatic carbocycles. The predicted molar refractivity (Wildman–Crippen MR) is 114 cm³/mol. The molecule has 1 fully saturated rings. The maximum absolute atomic E-state index is 9.48. The van der Waals surface area contributed by atoms with Crippen LogP contribution in [0.25, 0.3) is 22.2 Å². The fraction of sp³-hybridized carbons (Fsp3) is 0.190. The van der Waals surface area contributed by atoms with Crippen LogP contribution in [0.4, 0.5) is 17.5 Å². The van der Waals surface area contributed by atoms with E-state index in [0.29, 0.717) is 11.8 Å². The minimum Gasteiger partial charge on any atom is -0.508 e. The Balaban J connectivity index is 1.42. The number of nitrogens with zero attached hydrogens (tertiary/aromatic N) is 5. The third-order valence-electron chi connectivity index (χ3n) is 5.31. The van der Waals surface area contributed by atoms with E-state index in [2.05, 4.69) is 24.8 Å². The number of aromatic nitrogens is 4. The number of nitrogens with one attached hydrogen (secondary N) is 1. The molecule has 8 heteroatoms. The summed E-state index contributed by atoms with van der Waals surface area (Å²) in [5.41, 5.74) is 10.9. The summed E-state index contributed by atoms with van der Waals surface area (Å²) in [6, 6.07) is 11.2. The second-order valence-electron chi connectivity index (χ2n) is 7.06. The van der Waals surface area contributed by atoms with Crippen LogP contribution in [-0.2, 0) is 0 Å². The molecular formula is C21H21N7O. The Morgan fingerprint density at radius 1 is 0.897 bits per heavy atom. The van der Waals surface area contributed by atoms with Crippen LogP contribution in [0.1, 0.15) is 0 Å². The molecular weight excluding hydrogens is 366 g/mol. The van der Waals surface area contributed by atoms with Crippen LogP contribution < -0.4 is 15.5 Å². The Kier molecular flexibility index (Phi) is 4.16. The number of nitrogens with two attached hydrogens (primary N) is 1. The van der Waals surface area contributed by atoms with Crippen LogP contribution in [-0.4, -0.2) is 51.2 Å². The highest BCUT2D eigenvalue weighted by atomic mass is 16.3. The van der Waals surface area contributed by atoms with Gasteiger partial charge in [-0.2, -0.15) is 4.98 Å². The predicted octanol–water partition coefficient (Wildman–Crippen LogP) is 2.63. The van der Waals surface area contributed by atoms with E-state index in [1.165, 1.54) is 0 Å². The van der Waals surface area contributed by atoms with Gasteiger partial charge >= 0.3 is 0 Å². The number of hydrogen-bond acceptors (Lipinski definition) is 7. The monoisotopic (exact) mass is 387 g/mol. The number of aromatic hydroxyl groups is 1. The number of benzene rings is 1. The number of aromatic amines is 1. The number of fused-ring (bicyclic) bond motifs is 1. The first-order chi connectivity index (χ1) is 14.2. The van der Waals surface area contributed by atoms with Crippen LogP contribution in [0.2, 0.25) is 0 Å². The Morgan fingerprint density at radius 2 is 1.59 bits per heavy atom. The number of nitrogen functional groups attached to an aromatic ring is 1. The lowest BCUT2D eigenvalue weighted by Crippen LogP contribution is -2.47. The topological polar surface area (TPSA) is 107 Å². The minimum absolute atomic E-state index is 0.279. The van der Waals surface area contributed by atoms with Crippen LogP contribution in [0.3, 0.4) is 0 Å². The highest BCUT2D eigenvalue weighted by Crippen LogP contribution is 2.31. The van der Waals surface area contributed by atoms with Gasteiger partial charge in [0.1, 0.15) is 16.8 Å². The van der Waals surface area contributed by atoms with Gasteiger partial charge in [-0.1, -0.05) is 0 Å². The van der Waals surface area contributed by atoms with Crippen LogP contribution in [0.15, 0.2) is 55.0 Å². The first-order valence-corrected chi connectivity index (χ1v) is 9.53. The number of pyridine rings is 1. The molecule has 4 heterocycles. The normalized spacial score (nSPS) is 14.5. The molecule has 3 aromatic heterocycles. The van der Waals surface area contributed by atoms with E-state index < -0.39 is 0 Å². The SMILES string of the molecule is Nc1nc(N2CCN(c3ccc(O)cc3)CC2)nc2c(-c3ccncc3)c[nH]c12. The number of hydrogen-bond donors (Lipinski definition) is 3. The third-order valence-corrected chi connectivity index (χ3v) is 5.31. The Bertz CT molecular complexity index is 1130. The number of phenols is 1. The van der Waals surface area contributed by atoms with Crippen molar-refractivity contribution in [3.05, 3.63) is 55.0 Å². The van der Waals surface area contributed by atoms with Crippen molar-refractivity contribution in [1.29, 1.82) is 0 Å². The number of anilines is 3. The van der Waals surface area contributed by atoms with Crippen LogP contribution >= 0.6 is 0 Å². The summed E-state index contributed by atoms with van der Waals surface area (Å²) in [7, 11) is 0. The van der Waals surface area contributed by atoms with Gasteiger partial charge in [-0.25, -0.2) is 4.98 Å². The van der Waals surface area contributed by atoms with Gasteiger partial charge in [-0.05, 0) is 42.0 Å². The molecule has 5 rings (SSSR count). The number of phenolic OH excluding ortho intramolecular Hbond substituents is 1. The zero-order valence-electron chi connectivity index (χ0n) is 15.8. The average molecular weight is 387 g/mol. The van der Waals surface area contributed by atoms with Crippen molar-refractivity contribution in [1.82, 2.24) is 19.9 Å². The fourth-order valence-corrected chi connectivity index (χ4v) is 3.74. The van der Waals surface area contributed by atoms with Gasteiger partial charge in [-0.3, -0.25) is 4.98 Å². The molecule has 29 heavy (non-hydrogen) atoms. The first kappa shape index (κ1) is 17.3. The smallest absolute Gasteiger partial charge is 0.228 e. The highest BCUT2D eigenvalue weighted by molar-refractivity contribution is 5.97. The molecule has 1 aliphatic rings. The molecule has 4 aromatic rings. The first-order valence-electron chi connectivity index (χ1n) is 9.53. The van der Waals surface area contributed by atoms with Crippen molar-refractivity contribution in [2.75, 3.05) is 41.7 Å². The van der Waals surface area contributed by atoms with Gasteiger partial charge in [-0.15, -0.1) is 0 Å². The van der Waals surface area contributed by atoms with Crippen molar-refractivity contribution in [2.45, 2.75) is 0 Å². The van der Waals surface area contributed by atoms with Crippen molar-refractivity contribution in [3.8, 4) is 16.9 Å². The lowest BCUT2D eigenvalue weighted by atomic mass is 10.1. The summed E-state index contributed by atoms with van der Waals surface area (Å²) in [6.07, 6.45) is 5.45. The van der Waals surface area contributed by atoms with Gasteiger partial charge < -0.3 is 25.6 Å². The third kappa shape index (κ3) is 3.18. The molecule has 1 aliphatic heterocycles. The molecule has 1 aromatic carbocycles. The van der Waals surface area contributed by atoms with E-state index in [1.807, 2.05) is 30.5 Å². The summed E-state index contributed by atoms with van der Waals surface area (Å²) in [4.78, 5) is 21.1. The number of rotatable bonds is 3. The average Bonchev–Trinajstić information content (AvgIpc) is 3.20. The molecule has 1 saturated heterocycles. The maximum Gasteiger partial charge on any atom is 0.228 e. The summed E-state index contributed by atoms with van der Waals surface area (Å²) in [5, 5.41) is 9.48. The summed E-state index contributed by atoms with van der Waals surface area (Å²) in [5.74, 6) is 1.38. The Morgan fingerprint density at radius 3 is 2.31 bits per heavy atom. The fourth-order valence-electron chi connectivity index (χ4n) is 3.74. The van der Waals surface area contributed by atoms with Crippen molar-refractivity contribution in [3.63, 3.8) is 0 Å². The van der Waals surface area contributed by atoms with E-state index in [1.54, 1.807) is 24.5 Å². The van der Waals surface area contributed by atoms with Crippen molar-refractivity contribution < 1.29 is 5.11 Å². The molecule has 0 atom stereocenters. The molecule has 4 N–H and O–H groups in total. The number of H-pyrrole nitrogens is 1. The van der Waals surface area contributed by atoms with Crippen molar-refractivity contribution >= 4 is 28.5 Å². The molecule has 0 radical (unpaired) electrons. The van der Waals surface area contributed by atoms with Gasteiger partial charge in [0.25, 0.3) is 0 Å². The van der Waals surface area contributed by atoms with Gasteiger partial charge in [0.05, 0.1) is 0 Å². The zero-order chi connectivity index (χ0) is 19.8. The summed E-state index contributed by atoms with van der Waals surface area (Å²) >= 11 is 0. The number of piperazine rings is 1. The van der Waals surface area contributed by atoms with Gasteiger partial charge in [0.15, 0.2) is 5.82 Å². The molecule has 0 amide bonds. The second kappa shape index (κ2) is 6.97. The standard InChI is InChI=1S/C21H21N7O/c22-20-19-18(17(13-24-19)14-5-7-23-8-6-14)25-21(26-20)28-11-9-27(10-12-28)15-1-3-16(29)4-2-15/h1-8,13,24,29H,9-12H2,(H2,22,25,26). The quantitative estimate of drug-likeness (QED) is 0.496.